The Morgan fingerprint density at radius 2 is 1.86 bits per heavy atom. The van der Waals surface area contributed by atoms with E-state index in [1.165, 1.54) is 0 Å². The predicted molar refractivity (Wildman–Crippen MR) is 111 cm³/mol. The lowest BCUT2D eigenvalue weighted by Gasteiger charge is -2.14. The maximum Gasteiger partial charge on any atom is 0.196 e. The summed E-state index contributed by atoms with van der Waals surface area (Å²) in [5.41, 5.74) is 3.29. The molecule has 4 rings (SSSR count). The van der Waals surface area contributed by atoms with Gasteiger partial charge in [-0.05, 0) is 49.9 Å². The normalized spacial score (nSPS) is 16.4. The number of para-hydroxylation sites is 2. The Morgan fingerprint density at radius 3 is 2.57 bits per heavy atom. The number of ether oxygens (including phenoxy) is 2. The van der Waals surface area contributed by atoms with Gasteiger partial charge in [0, 0.05) is 18.0 Å². The van der Waals surface area contributed by atoms with Crippen LogP contribution < -0.4 is 4.74 Å². The van der Waals surface area contributed by atoms with Crippen LogP contribution in [0.25, 0.3) is 5.69 Å². The third-order valence-electron chi connectivity index (χ3n) is 4.89. The fourth-order valence-corrected chi connectivity index (χ4v) is 4.47. The van der Waals surface area contributed by atoms with Crippen molar-refractivity contribution in [2.24, 2.45) is 0 Å². The van der Waals surface area contributed by atoms with Crippen LogP contribution in [0.4, 0.5) is 0 Å². The molecule has 2 heterocycles. The molecular formula is C22H25N3O2S. The van der Waals surface area contributed by atoms with Gasteiger partial charge in [-0.1, -0.05) is 48.2 Å². The van der Waals surface area contributed by atoms with E-state index in [-0.39, 0.29) is 0 Å². The van der Waals surface area contributed by atoms with Gasteiger partial charge in [0.05, 0.1) is 6.10 Å². The monoisotopic (exact) mass is 395 g/mol. The van der Waals surface area contributed by atoms with E-state index in [0.29, 0.717) is 12.7 Å². The SMILES string of the molecule is Cc1cccc(C)c1OCc1nnc(SCC2CCCO2)n1-c1ccccc1. The lowest BCUT2D eigenvalue weighted by molar-refractivity contribution is 0.129. The zero-order valence-electron chi connectivity index (χ0n) is 16.3. The van der Waals surface area contributed by atoms with Crippen LogP contribution >= 0.6 is 11.8 Å². The summed E-state index contributed by atoms with van der Waals surface area (Å²) >= 11 is 1.70. The molecule has 1 atom stereocenters. The minimum Gasteiger partial charge on any atom is -0.485 e. The maximum absolute atomic E-state index is 6.15. The Labute approximate surface area is 170 Å². The van der Waals surface area contributed by atoms with E-state index in [2.05, 4.69) is 52.9 Å². The molecule has 3 aromatic rings. The van der Waals surface area contributed by atoms with Crippen LogP contribution in [0.15, 0.2) is 53.7 Å². The third-order valence-corrected chi connectivity index (χ3v) is 5.95. The second kappa shape index (κ2) is 8.80. The molecule has 1 saturated heterocycles. The Kier molecular flexibility index (Phi) is 5.98. The first-order valence-electron chi connectivity index (χ1n) is 9.65. The van der Waals surface area contributed by atoms with Crippen LogP contribution in [-0.4, -0.2) is 33.2 Å². The van der Waals surface area contributed by atoms with Gasteiger partial charge in [0.1, 0.15) is 12.4 Å². The van der Waals surface area contributed by atoms with Crippen LogP contribution in [0.2, 0.25) is 0 Å². The molecule has 0 bridgehead atoms. The highest BCUT2D eigenvalue weighted by molar-refractivity contribution is 7.99. The first-order valence-corrected chi connectivity index (χ1v) is 10.6. The predicted octanol–water partition coefficient (Wildman–Crippen LogP) is 4.73. The van der Waals surface area contributed by atoms with Gasteiger partial charge in [0.15, 0.2) is 11.0 Å². The second-order valence-electron chi connectivity index (χ2n) is 7.03. The van der Waals surface area contributed by atoms with Gasteiger partial charge in [0.2, 0.25) is 0 Å². The molecule has 0 N–H and O–H groups in total. The molecule has 146 valence electrons. The van der Waals surface area contributed by atoms with E-state index >= 15 is 0 Å². The van der Waals surface area contributed by atoms with Crippen LogP contribution in [0.3, 0.4) is 0 Å². The van der Waals surface area contributed by atoms with Crippen molar-refractivity contribution in [2.45, 2.75) is 44.6 Å². The van der Waals surface area contributed by atoms with Crippen molar-refractivity contribution in [3.8, 4) is 11.4 Å². The molecule has 6 heteroatoms. The number of rotatable bonds is 7. The van der Waals surface area contributed by atoms with Gasteiger partial charge in [0.25, 0.3) is 0 Å². The fourth-order valence-electron chi connectivity index (χ4n) is 3.43. The van der Waals surface area contributed by atoms with Crippen LogP contribution in [0, 0.1) is 13.8 Å². The first-order chi connectivity index (χ1) is 13.7. The molecule has 0 aliphatic carbocycles. The molecule has 0 radical (unpaired) electrons. The molecule has 5 nitrogen and oxygen atoms in total. The molecule has 1 aromatic heterocycles. The molecule has 0 amide bonds. The smallest absolute Gasteiger partial charge is 0.196 e. The number of thioether (sulfide) groups is 1. The quantitative estimate of drug-likeness (QED) is 0.541. The fraction of sp³-hybridized carbons (Fsp3) is 0.364. The number of aromatic nitrogens is 3. The van der Waals surface area contributed by atoms with Gasteiger partial charge in [-0.2, -0.15) is 0 Å². The summed E-state index contributed by atoms with van der Waals surface area (Å²) in [5, 5.41) is 9.77. The summed E-state index contributed by atoms with van der Waals surface area (Å²) in [6, 6.07) is 16.4. The standard InChI is InChI=1S/C22H25N3O2S/c1-16-8-6-9-17(2)21(16)27-14-20-23-24-22(28-15-19-12-7-13-26-19)25(20)18-10-4-3-5-11-18/h3-6,8-11,19H,7,12-15H2,1-2H3. The average molecular weight is 396 g/mol. The number of nitrogens with zero attached hydrogens (tertiary/aromatic N) is 3. The number of aryl methyl sites for hydroxylation is 2. The molecule has 0 spiro atoms. The first kappa shape index (κ1) is 19.0. The lowest BCUT2D eigenvalue weighted by Crippen LogP contribution is -2.10. The highest BCUT2D eigenvalue weighted by Crippen LogP contribution is 2.27. The van der Waals surface area contributed by atoms with Crippen molar-refractivity contribution in [3.05, 3.63) is 65.5 Å². The van der Waals surface area contributed by atoms with Crippen LogP contribution in [-0.2, 0) is 11.3 Å². The lowest BCUT2D eigenvalue weighted by atomic mass is 10.1. The van der Waals surface area contributed by atoms with Gasteiger partial charge >= 0.3 is 0 Å². The molecule has 0 saturated carbocycles. The van der Waals surface area contributed by atoms with Crippen LogP contribution in [0.1, 0.15) is 29.8 Å². The molecule has 1 aliphatic rings. The zero-order valence-corrected chi connectivity index (χ0v) is 17.1. The largest absolute Gasteiger partial charge is 0.485 e. The Balaban J connectivity index is 1.57. The number of hydrogen-bond donors (Lipinski definition) is 0. The van der Waals surface area contributed by atoms with Crippen LogP contribution in [0.5, 0.6) is 5.75 Å². The van der Waals surface area contributed by atoms with E-state index in [4.69, 9.17) is 9.47 Å². The van der Waals surface area contributed by atoms with Gasteiger partial charge < -0.3 is 9.47 Å². The van der Waals surface area contributed by atoms with E-state index < -0.39 is 0 Å². The van der Waals surface area contributed by atoms with Gasteiger partial charge in [-0.3, -0.25) is 4.57 Å². The topological polar surface area (TPSA) is 49.2 Å². The molecule has 1 unspecified atom stereocenters. The Hall–Kier alpha value is -2.31. The number of benzene rings is 2. The van der Waals surface area contributed by atoms with Gasteiger partial charge in [-0.15, -0.1) is 10.2 Å². The Morgan fingerprint density at radius 1 is 1.07 bits per heavy atom. The van der Waals surface area contributed by atoms with Crippen molar-refractivity contribution in [1.82, 2.24) is 14.8 Å². The second-order valence-corrected chi connectivity index (χ2v) is 8.01. The molecular weight excluding hydrogens is 370 g/mol. The summed E-state index contributed by atoms with van der Waals surface area (Å²) in [6.45, 7) is 5.36. The van der Waals surface area contributed by atoms with Crippen molar-refractivity contribution >= 4 is 11.8 Å². The van der Waals surface area contributed by atoms with Crippen molar-refractivity contribution in [3.63, 3.8) is 0 Å². The van der Waals surface area contributed by atoms with E-state index in [1.54, 1.807) is 11.8 Å². The highest BCUT2D eigenvalue weighted by Gasteiger charge is 2.20. The van der Waals surface area contributed by atoms with Crippen molar-refractivity contribution in [2.75, 3.05) is 12.4 Å². The minimum atomic E-state index is 0.306. The summed E-state index contributed by atoms with van der Waals surface area (Å²) in [5.74, 6) is 2.60. The molecule has 28 heavy (non-hydrogen) atoms. The average Bonchev–Trinajstić information content (AvgIpc) is 3.36. The van der Waals surface area contributed by atoms with Crippen molar-refractivity contribution in [1.29, 1.82) is 0 Å². The van der Waals surface area contributed by atoms with E-state index in [9.17, 15) is 0 Å². The third kappa shape index (κ3) is 4.23. The summed E-state index contributed by atoms with van der Waals surface area (Å²) in [6.07, 6.45) is 2.57. The summed E-state index contributed by atoms with van der Waals surface area (Å²) < 4.78 is 14.0. The molecule has 1 fully saturated rings. The van der Waals surface area contributed by atoms with Gasteiger partial charge in [-0.25, -0.2) is 0 Å². The summed E-state index contributed by atoms with van der Waals surface area (Å²) in [4.78, 5) is 0. The van der Waals surface area contributed by atoms with E-state index in [0.717, 1.165) is 58.7 Å². The summed E-state index contributed by atoms with van der Waals surface area (Å²) in [7, 11) is 0. The Bertz CT molecular complexity index is 901. The zero-order chi connectivity index (χ0) is 19.3. The van der Waals surface area contributed by atoms with Crippen molar-refractivity contribution < 1.29 is 9.47 Å². The highest BCUT2D eigenvalue weighted by atomic mass is 32.2. The molecule has 2 aromatic carbocycles. The minimum absolute atomic E-state index is 0.306. The molecule has 1 aliphatic heterocycles. The maximum atomic E-state index is 6.15. The number of hydrogen-bond acceptors (Lipinski definition) is 5. The van der Waals surface area contributed by atoms with E-state index in [1.807, 2.05) is 24.3 Å².